The molecule has 17 heteroatoms. The van der Waals surface area contributed by atoms with Gasteiger partial charge in [-0.3, -0.25) is 19.4 Å². The fourth-order valence-corrected chi connectivity index (χ4v) is 1.46. The van der Waals surface area contributed by atoms with Crippen LogP contribution in [0.25, 0.3) is 0 Å². The molecule has 0 amide bonds. The first-order valence-electron chi connectivity index (χ1n) is 9.19. The summed E-state index contributed by atoms with van der Waals surface area (Å²) in [5.74, 6) is -5.52. The Bertz CT molecular complexity index is 457. The summed E-state index contributed by atoms with van der Waals surface area (Å²) in [5.41, 5.74) is 8.04. The topological polar surface area (TPSA) is 374 Å². The molecule has 17 nitrogen and oxygen atoms in total. The minimum atomic E-state index is -1.51. The van der Waals surface area contributed by atoms with Crippen molar-refractivity contribution in [2.45, 2.75) is 52.6 Å². The molecule has 0 aromatic rings. The Kier molecular flexibility index (Phi) is 40.1. The van der Waals surface area contributed by atoms with Crippen molar-refractivity contribution in [3.8, 4) is 0 Å². The van der Waals surface area contributed by atoms with Gasteiger partial charge in [-0.05, 0) is 41.5 Å². The van der Waals surface area contributed by atoms with Crippen molar-refractivity contribution >= 4 is 23.9 Å². The summed E-state index contributed by atoms with van der Waals surface area (Å²) in [4.78, 5) is 43.9. The Morgan fingerprint density at radius 3 is 0.914 bits per heavy atom. The van der Waals surface area contributed by atoms with Crippen LogP contribution in [0, 0.1) is 0 Å². The zero-order valence-electron chi connectivity index (χ0n) is 21.4. The standard InChI is InChI=1S/C10H16N2O8.2C4H11N.5H2O/c13-7(14)3-11(4-8(15)16)1-2-12(5-9(17)18)6-10(19)20;2*1-4(2,3)5;;;;;/h1-6H2,(H,13,14)(H,15,16)(H,17,18)(H,19,20);2*5H2,1-3H3;5*1H2. The highest BCUT2D eigenvalue weighted by atomic mass is 16.4. The van der Waals surface area contributed by atoms with E-state index in [9.17, 15) is 29.4 Å². The molecule has 0 unspecified atom stereocenters. The van der Waals surface area contributed by atoms with Gasteiger partial charge < -0.3 is 68.9 Å². The van der Waals surface area contributed by atoms with Gasteiger partial charge >= 0.3 is 11.9 Å². The van der Waals surface area contributed by atoms with E-state index in [1.165, 1.54) is 0 Å². The third-order valence-corrected chi connectivity index (χ3v) is 2.16. The lowest BCUT2D eigenvalue weighted by Crippen LogP contribution is -2.67. The van der Waals surface area contributed by atoms with Crippen molar-refractivity contribution in [2.24, 2.45) is 0 Å². The molecular formula is C18H48N4O13. The highest BCUT2D eigenvalue weighted by Crippen LogP contribution is 1.93. The van der Waals surface area contributed by atoms with Crippen molar-refractivity contribution in [1.29, 1.82) is 0 Å². The first-order valence-corrected chi connectivity index (χ1v) is 9.19. The normalized spacial score (nSPS) is 9.54. The van der Waals surface area contributed by atoms with Gasteiger partial charge in [0.1, 0.15) is 0 Å². The van der Waals surface area contributed by atoms with Crippen LogP contribution in [0.15, 0.2) is 0 Å². The molecule has 0 aliphatic heterocycles. The van der Waals surface area contributed by atoms with Crippen LogP contribution in [0.3, 0.4) is 0 Å². The van der Waals surface area contributed by atoms with Gasteiger partial charge in [0.2, 0.25) is 0 Å². The lowest BCUT2D eigenvalue weighted by atomic mass is 10.1. The predicted molar refractivity (Wildman–Crippen MR) is 122 cm³/mol. The van der Waals surface area contributed by atoms with Gasteiger partial charge in [-0.15, -0.1) is 0 Å². The van der Waals surface area contributed by atoms with Crippen LogP contribution in [0.4, 0.5) is 0 Å². The summed E-state index contributed by atoms with van der Waals surface area (Å²) < 4.78 is 0. The number of hydrogen-bond donors (Lipinski definition) is 4. The van der Waals surface area contributed by atoms with Crippen molar-refractivity contribution in [1.82, 2.24) is 9.80 Å². The van der Waals surface area contributed by atoms with Gasteiger partial charge in [0.15, 0.2) is 0 Å². The Morgan fingerprint density at radius 2 is 0.771 bits per heavy atom. The van der Waals surface area contributed by atoms with Crippen LogP contribution in [0.2, 0.25) is 0 Å². The molecule has 218 valence electrons. The average Bonchev–Trinajstić information content (AvgIpc) is 2.38. The van der Waals surface area contributed by atoms with Crippen LogP contribution in [-0.2, 0) is 19.2 Å². The van der Waals surface area contributed by atoms with E-state index >= 15 is 0 Å². The van der Waals surface area contributed by atoms with Crippen molar-refractivity contribution in [2.75, 3.05) is 39.3 Å². The number of carboxylic acids is 4. The lowest BCUT2D eigenvalue weighted by Gasteiger charge is -2.26. The van der Waals surface area contributed by atoms with Crippen molar-refractivity contribution < 1.29 is 78.5 Å². The average molecular weight is 529 g/mol. The van der Waals surface area contributed by atoms with E-state index in [1.54, 1.807) is 0 Å². The van der Waals surface area contributed by atoms with Crippen LogP contribution < -0.4 is 21.7 Å². The molecule has 0 radical (unpaired) electrons. The summed E-state index contributed by atoms with van der Waals surface area (Å²) in [6.07, 6.45) is 0. The van der Waals surface area contributed by atoms with E-state index in [2.05, 4.69) is 53.0 Å². The lowest BCUT2D eigenvalue weighted by molar-refractivity contribution is -0.459. The van der Waals surface area contributed by atoms with Crippen LogP contribution >= 0.6 is 0 Å². The zero-order valence-corrected chi connectivity index (χ0v) is 21.4. The Labute approximate surface area is 204 Å². The molecule has 0 bridgehead atoms. The number of rotatable bonds is 11. The number of quaternary nitrogens is 2. The van der Waals surface area contributed by atoms with Crippen LogP contribution in [0.1, 0.15) is 41.5 Å². The second-order valence-electron chi connectivity index (χ2n) is 9.07. The number of aliphatic carboxylic acids is 4. The molecule has 18 N–H and O–H groups in total. The molecule has 0 atom stereocenters. The highest BCUT2D eigenvalue weighted by Gasteiger charge is 2.15. The highest BCUT2D eigenvalue weighted by molar-refractivity contribution is 5.72. The van der Waals surface area contributed by atoms with Gasteiger partial charge in [-0.1, -0.05) is 0 Å². The quantitative estimate of drug-likeness (QED) is 0.196. The molecule has 0 aliphatic carbocycles. The fraction of sp³-hybridized carbons (Fsp3) is 0.778. The largest absolute Gasteiger partial charge is 0.549 e. The molecular weight excluding hydrogens is 480 g/mol. The second kappa shape index (κ2) is 26.1. The number of nitrogens with zero attached hydrogens (tertiary/aromatic N) is 2. The third-order valence-electron chi connectivity index (χ3n) is 2.16. The Balaban J connectivity index is -0.0000000690. The Morgan fingerprint density at radius 1 is 0.600 bits per heavy atom. The molecule has 0 spiro atoms. The third kappa shape index (κ3) is 80.1. The molecule has 0 rings (SSSR count). The van der Waals surface area contributed by atoms with Gasteiger partial charge in [0, 0.05) is 26.2 Å². The number of carbonyl (C=O) groups is 4. The summed E-state index contributed by atoms with van der Waals surface area (Å²) in [7, 11) is 0. The predicted octanol–water partition coefficient (Wildman–Crippen LogP) is -8.81. The van der Waals surface area contributed by atoms with E-state index < -0.39 is 50.1 Å². The zero-order chi connectivity index (χ0) is 24.7. The molecule has 0 saturated carbocycles. The first-order chi connectivity index (χ1) is 13.2. The van der Waals surface area contributed by atoms with E-state index in [0.717, 1.165) is 9.80 Å². The fourth-order valence-electron chi connectivity index (χ4n) is 1.46. The molecule has 35 heavy (non-hydrogen) atoms. The minimum Gasteiger partial charge on any atom is -0.549 e. The molecule has 0 heterocycles. The SMILES string of the molecule is CC(C)(C)[NH3+].CC(C)(C)[NH3+].O.O.O.O.O.O=C([O-])CN(CCN(CC(=O)O)CC(=O)O)CC(=O)[O-]. The van der Waals surface area contributed by atoms with Gasteiger partial charge in [-0.25, -0.2) is 0 Å². The first kappa shape index (κ1) is 53.7. The smallest absolute Gasteiger partial charge is 0.317 e. The van der Waals surface area contributed by atoms with Crippen LogP contribution in [-0.4, -0.2) is 122 Å². The van der Waals surface area contributed by atoms with Gasteiger partial charge in [-0.2, -0.15) is 0 Å². The maximum absolute atomic E-state index is 10.5. The van der Waals surface area contributed by atoms with E-state index in [4.69, 9.17) is 10.2 Å². The maximum atomic E-state index is 10.5. The number of carbonyl (C=O) groups excluding carboxylic acids is 2. The van der Waals surface area contributed by atoms with Gasteiger partial charge in [0.05, 0.1) is 36.1 Å². The van der Waals surface area contributed by atoms with E-state index in [-0.39, 0.29) is 51.5 Å². The van der Waals surface area contributed by atoms with Crippen molar-refractivity contribution in [3.63, 3.8) is 0 Å². The summed E-state index contributed by atoms with van der Waals surface area (Å²) in [5, 5.41) is 38.0. The van der Waals surface area contributed by atoms with E-state index in [1.807, 2.05) is 0 Å². The molecule has 0 fully saturated rings. The number of carboxylic acid groups (broad SMARTS) is 4. The number of hydrogen-bond acceptors (Lipinski definition) is 8. The van der Waals surface area contributed by atoms with Crippen LogP contribution in [0.5, 0.6) is 0 Å². The van der Waals surface area contributed by atoms with E-state index in [0.29, 0.717) is 0 Å². The van der Waals surface area contributed by atoms with Gasteiger partial charge in [0.25, 0.3) is 0 Å². The second-order valence-corrected chi connectivity index (χ2v) is 9.07. The summed E-state index contributed by atoms with van der Waals surface area (Å²) >= 11 is 0. The summed E-state index contributed by atoms with van der Waals surface area (Å²) in [6.45, 7) is 9.71. The molecule has 0 aliphatic rings. The minimum absolute atomic E-state index is 0. The molecule has 0 aromatic carbocycles. The molecule has 0 aromatic heterocycles. The molecule has 0 saturated heterocycles. The monoisotopic (exact) mass is 528 g/mol. The maximum Gasteiger partial charge on any atom is 0.317 e. The Hall–Kier alpha value is -2.48. The van der Waals surface area contributed by atoms with Crippen molar-refractivity contribution in [3.05, 3.63) is 0 Å². The summed E-state index contributed by atoms with van der Waals surface area (Å²) in [6, 6.07) is 0.